The molecule has 11 heteroatoms. The van der Waals surface area contributed by atoms with E-state index in [4.69, 9.17) is 14.2 Å². The van der Waals surface area contributed by atoms with Crippen molar-refractivity contribution in [3.8, 4) is 11.1 Å². The minimum atomic E-state index is -1.10. The molecule has 59 heavy (non-hydrogen) atoms. The molecule has 6 rings (SSSR count). The zero-order chi connectivity index (χ0) is 41.7. The van der Waals surface area contributed by atoms with Crippen LogP contribution in [0, 0.1) is 5.92 Å². The molecule has 308 valence electrons. The Labute approximate surface area is 346 Å². The van der Waals surface area contributed by atoms with Crippen molar-refractivity contribution in [2.24, 2.45) is 5.92 Å². The number of aliphatic hydroxyl groups excluding tert-OH is 1. The summed E-state index contributed by atoms with van der Waals surface area (Å²) in [6.45, 7) is 7.77. The van der Waals surface area contributed by atoms with Crippen LogP contribution in [0.2, 0.25) is 0 Å². The van der Waals surface area contributed by atoms with Crippen LogP contribution < -0.4 is 10.6 Å². The van der Waals surface area contributed by atoms with Crippen LogP contribution in [0.4, 0.5) is 4.79 Å². The predicted octanol–water partition coefficient (Wildman–Crippen LogP) is 6.80. The molecule has 0 saturated carbocycles. The van der Waals surface area contributed by atoms with Crippen LogP contribution in [0.15, 0.2) is 128 Å². The van der Waals surface area contributed by atoms with E-state index in [1.165, 1.54) is 7.11 Å². The largest absolute Gasteiger partial charge is 0.454 e. The molecule has 0 fully saturated rings. The number of ether oxygens (including phenoxy) is 3. The quantitative estimate of drug-likeness (QED) is 0.0695. The zero-order valence-electron chi connectivity index (χ0n) is 33.5. The second-order valence-electron chi connectivity index (χ2n) is 15.0. The van der Waals surface area contributed by atoms with Gasteiger partial charge in [-0.1, -0.05) is 115 Å². The number of fused-ring (bicyclic) bond motifs is 4. The average Bonchev–Trinajstić information content (AvgIpc) is 3.58. The summed E-state index contributed by atoms with van der Waals surface area (Å²) in [5, 5.41) is 15.9. The standard InChI is InChI=1S/C48H53N3O8/c1-4-6-25-42(50-48(56)58-30-41-39-23-14-12-21-37(39)38-22-13-15-24-40(38)41)47(55)59-45(32-17-8-7-9-18-32)43(31-57-3)49-46(54)34(16-5-2)27-44(53)51-28-35-20-11-10-19-33(35)26-36(51)29-52/h4-5,7-15,17-24,34,36,41-43,45,52H,1-2,6,16,25-31H2,3H3,(H,49,54)(H,50,56)/t34-,36+,42+,43+,45+/m1/s1. The summed E-state index contributed by atoms with van der Waals surface area (Å²) in [4.78, 5) is 57.0. The number of hydrogen-bond donors (Lipinski definition) is 3. The van der Waals surface area contributed by atoms with Gasteiger partial charge in [-0.05, 0) is 64.6 Å². The minimum Gasteiger partial charge on any atom is -0.454 e. The molecule has 0 unspecified atom stereocenters. The fourth-order valence-corrected chi connectivity index (χ4v) is 8.09. The number of esters is 1. The maximum atomic E-state index is 14.1. The van der Waals surface area contributed by atoms with Gasteiger partial charge in [-0.25, -0.2) is 9.59 Å². The van der Waals surface area contributed by atoms with Gasteiger partial charge in [0.05, 0.1) is 31.2 Å². The first-order chi connectivity index (χ1) is 28.8. The number of methoxy groups -OCH3 is 1. The highest BCUT2D eigenvalue weighted by molar-refractivity contribution is 5.87. The van der Waals surface area contributed by atoms with Crippen LogP contribution in [0.25, 0.3) is 11.1 Å². The lowest BCUT2D eigenvalue weighted by atomic mass is 9.92. The monoisotopic (exact) mass is 799 g/mol. The average molecular weight is 800 g/mol. The molecule has 4 aromatic rings. The normalized spacial score (nSPS) is 16.2. The maximum Gasteiger partial charge on any atom is 0.407 e. The van der Waals surface area contributed by atoms with Crippen molar-refractivity contribution in [1.82, 2.24) is 15.5 Å². The summed E-state index contributed by atoms with van der Waals surface area (Å²) in [7, 11) is 1.47. The molecular formula is C48H53N3O8. The van der Waals surface area contributed by atoms with Crippen molar-refractivity contribution in [3.05, 3.63) is 156 Å². The van der Waals surface area contributed by atoms with Gasteiger partial charge in [-0.15, -0.1) is 13.2 Å². The van der Waals surface area contributed by atoms with Crippen molar-refractivity contribution in [3.63, 3.8) is 0 Å². The van der Waals surface area contributed by atoms with Crippen molar-refractivity contribution in [2.45, 2.75) is 68.8 Å². The number of aliphatic hydroxyl groups is 1. The van der Waals surface area contributed by atoms with Crippen molar-refractivity contribution in [2.75, 3.05) is 26.9 Å². The number of hydrogen-bond acceptors (Lipinski definition) is 8. The molecule has 0 spiro atoms. The fraction of sp³-hybridized carbons (Fsp3) is 0.333. The van der Waals surface area contributed by atoms with Gasteiger partial charge in [0.15, 0.2) is 0 Å². The Morgan fingerprint density at radius 2 is 1.49 bits per heavy atom. The van der Waals surface area contributed by atoms with Gasteiger partial charge < -0.3 is 34.9 Å². The number of carbonyl (C=O) groups is 4. The molecule has 1 aliphatic heterocycles. The number of benzene rings is 4. The van der Waals surface area contributed by atoms with E-state index in [9.17, 15) is 24.3 Å². The smallest absolute Gasteiger partial charge is 0.407 e. The van der Waals surface area contributed by atoms with E-state index in [0.29, 0.717) is 24.9 Å². The van der Waals surface area contributed by atoms with Gasteiger partial charge in [0.1, 0.15) is 18.8 Å². The summed E-state index contributed by atoms with van der Waals surface area (Å²) < 4.78 is 17.5. The van der Waals surface area contributed by atoms with Crippen LogP contribution >= 0.6 is 0 Å². The van der Waals surface area contributed by atoms with Crippen molar-refractivity contribution < 1.29 is 38.5 Å². The molecule has 0 bridgehead atoms. The first-order valence-electron chi connectivity index (χ1n) is 20.1. The SMILES string of the molecule is C=CCC[C@H](NC(=O)OCC1c2ccccc2-c2ccccc21)C(=O)O[C@@H](c1ccccc1)[C@H](COC)NC(=O)[C@H](CC=C)CC(=O)N1Cc2ccccc2C[C@H]1CO. The van der Waals surface area contributed by atoms with E-state index >= 15 is 0 Å². The van der Waals surface area contributed by atoms with E-state index in [1.54, 1.807) is 41.3 Å². The highest BCUT2D eigenvalue weighted by Crippen LogP contribution is 2.44. The van der Waals surface area contributed by atoms with E-state index in [2.05, 4.69) is 35.9 Å². The number of nitrogens with zero attached hydrogens (tertiary/aromatic N) is 1. The van der Waals surface area contributed by atoms with E-state index < -0.39 is 48.1 Å². The Morgan fingerprint density at radius 1 is 0.847 bits per heavy atom. The van der Waals surface area contributed by atoms with Gasteiger partial charge in [0.25, 0.3) is 0 Å². The molecule has 0 radical (unpaired) electrons. The molecule has 2 aliphatic rings. The zero-order valence-corrected chi connectivity index (χ0v) is 33.5. The van der Waals surface area contributed by atoms with E-state index in [-0.39, 0.29) is 50.9 Å². The molecule has 0 saturated heterocycles. The molecule has 11 nitrogen and oxygen atoms in total. The number of nitrogens with one attached hydrogen (secondary N) is 2. The second-order valence-corrected chi connectivity index (χ2v) is 15.0. The second kappa shape index (κ2) is 20.6. The summed E-state index contributed by atoms with van der Waals surface area (Å²) >= 11 is 0. The maximum absolute atomic E-state index is 14.1. The molecular weight excluding hydrogens is 747 g/mol. The van der Waals surface area contributed by atoms with Crippen molar-refractivity contribution >= 4 is 23.9 Å². The number of rotatable bonds is 19. The molecule has 3 amide bonds. The number of alkyl carbamates (subject to hydrolysis) is 1. The highest BCUT2D eigenvalue weighted by Gasteiger charge is 2.36. The number of allylic oxidation sites excluding steroid dienone is 2. The van der Waals surface area contributed by atoms with Gasteiger partial charge in [0, 0.05) is 26.0 Å². The Kier molecular flexibility index (Phi) is 14.9. The lowest BCUT2D eigenvalue weighted by molar-refractivity contribution is -0.155. The van der Waals surface area contributed by atoms with Gasteiger partial charge in [0.2, 0.25) is 11.8 Å². The third-order valence-electron chi connectivity index (χ3n) is 11.1. The third kappa shape index (κ3) is 10.3. The topological polar surface area (TPSA) is 144 Å². The summed E-state index contributed by atoms with van der Waals surface area (Å²) in [5.41, 5.74) is 6.99. The third-order valence-corrected chi connectivity index (χ3v) is 11.1. The molecule has 1 aliphatic carbocycles. The Balaban J connectivity index is 1.16. The van der Waals surface area contributed by atoms with Gasteiger partial charge in [-0.2, -0.15) is 0 Å². The van der Waals surface area contributed by atoms with Crippen LogP contribution in [-0.2, 0) is 41.6 Å². The van der Waals surface area contributed by atoms with Crippen molar-refractivity contribution in [1.29, 1.82) is 0 Å². The van der Waals surface area contributed by atoms with Crippen LogP contribution in [0.1, 0.15) is 65.5 Å². The van der Waals surface area contributed by atoms with Crippen LogP contribution in [0.5, 0.6) is 0 Å². The Morgan fingerprint density at radius 3 is 2.14 bits per heavy atom. The lowest BCUT2D eigenvalue weighted by Crippen LogP contribution is -2.50. The molecule has 0 aromatic heterocycles. The Bertz CT molecular complexity index is 2060. The summed E-state index contributed by atoms with van der Waals surface area (Å²) in [6.07, 6.45) is 2.60. The number of carbonyl (C=O) groups excluding carboxylic acids is 4. The summed E-state index contributed by atoms with van der Waals surface area (Å²) in [5.74, 6) is -2.42. The Hall–Kier alpha value is -6.04. The van der Waals surface area contributed by atoms with E-state index in [1.807, 2.05) is 66.7 Å². The lowest BCUT2D eigenvalue weighted by Gasteiger charge is -2.37. The first-order valence-corrected chi connectivity index (χ1v) is 20.1. The predicted molar refractivity (Wildman–Crippen MR) is 225 cm³/mol. The van der Waals surface area contributed by atoms with E-state index in [0.717, 1.165) is 33.4 Å². The van der Waals surface area contributed by atoms with Gasteiger partial charge in [-0.3, -0.25) is 9.59 Å². The molecule has 1 heterocycles. The first kappa shape index (κ1) is 42.6. The minimum absolute atomic E-state index is 0.0417. The summed E-state index contributed by atoms with van der Waals surface area (Å²) in [6, 6.07) is 30.4. The molecule has 3 N–H and O–H groups in total. The van der Waals surface area contributed by atoms with Crippen LogP contribution in [-0.4, -0.2) is 78.9 Å². The fourth-order valence-electron chi connectivity index (χ4n) is 8.09. The number of amides is 3. The highest BCUT2D eigenvalue weighted by atomic mass is 16.6. The molecule has 5 atom stereocenters. The van der Waals surface area contributed by atoms with Gasteiger partial charge >= 0.3 is 12.1 Å². The molecule has 4 aromatic carbocycles. The van der Waals surface area contributed by atoms with Crippen LogP contribution in [0.3, 0.4) is 0 Å².